The molecule has 1 aromatic carbocycles. The molecular weight excluding hydrogens is 340 g/mol. The highest BCUT2D eigenvalue weighted by molar-refractivity contribution is 5.79. The van der Waals surface area contributed by atoms with Crippen molar-refractivity contribution in [2.75, 3.05) is 7.05 Å². The summed E-state index contributed by atoms with van der Waals surface area (Å²) in [6.07, 6.45) is 7.15. The first-order valence-electron chi connectivity index (χ1n) is 9.30. The van der Waals surface area contributed by atoms with E-state index in [4.69, 9.17) is 9.40 Å². The smallest absolute Gasteiger partial charge is 0.191 e. The van der Waals surface area contributed by atoms with Gasteiger partial charge in [0.15, 0.2) is 18.1 Å². The summed E-state index contributed by atoms with van der Waals surface area (Å²) < 4.78 is 7.83. The van der Waals surface area contributed by atoms with Crippen molar-refractivity contribution in [1.82, 2.24) is 25.2 Å². The molecule has 1 aliphatic rings. The standard InChI is InChI=1S/C20H24N6O/c1-21-20(22-11-16-13-26-10-6-5-9-18(26)25-16)23-12-17-19(27-14-24-17)15-7-3-2-4-8-15/h2-4,7-8,13-14H,5-6,9-12H2,1H3,(H2,21,22,23). The minimum absolute atomic E-state index is 0.528. The molecule has 0 atom stereocenters. The van der Waals surface area contributed by atoms with Crippen molar-refractivity contribution in [1.29, 1.82) is 0 Å². The Morgan fingerprint density at radius 1 is 1.19 bits per heavy atom. The first-order chi connectivity index (χ1) is 13.3. The van der Waals surface area contributed by atoms with E-state index in [-0.39, 0.29) is 0 Å². The quantitative estimate of drug-likeness (QED) is 0.537. The second-order valence-corrected chi connectivity index (χ2v) is 6.57. The van der Waals surface area contributed by atoms with Gasteiger partial charge in [0.1, 0.15) is 11.5 Å². The summed E-state index contributed by atoms with van der Waals surface area (Å²) in [4.78, 5) is 13.3. The molecule has 0 radical (unpaired) electrons. The Bertz CT molecular complexity index is 888. The number of guanidine groups is 1. The van der Waals surface area contributed by atoms with Gasteiger partial charge in [-0.25, -0.2) is 9.97 Å². The molecule has 0 aliphatic carbocycles. The number of benzene rings is 1. The van der Waals surface area contributed by atoms with Crippen LogP contribution in [-0.4, -0.2) is 27.5 Å². The molecule has 1 aliphatic heterocycles. The summed E-state index contributed by atoms with van der Waals surface area (Å²) in [5, 5.41) is 6.62. The van der Waals surface area contributed by atoms with Gasteiger partial charge in [-0.05, 0) is 12.8 Å². The lowest BCUT2D eigenvalue weighted by Crippen LogP contribution is -2.36. The zero-order chi connectivity index (χ0) is 18.5. The Morgan fingerprint density at radius 2 is 2.04 bits per heavy atom. The molecule has 2 aromatic heterocycles. The van der Waals surface area contributed by atoms with Gasteiger partial charge in [-0.3, -0.25) is 4.99 Å². The van der Waals surface area contributed by atoms with Gasteiger partial charge < -0.3 is 19.6 Å². The Hall–Kier alpha value is -3.09. The summed E-state index contributed by atoms with van der Waals surface area (Å²) >= 11 is 0. The normalized spacial score (nSPS) is 14.0. The molecule has 4 rings (SSSR count). The van der Waals surface area contributed by atoms with Crippen LogP contribution < -0.4 is 10.6 Å². The predicted octanol–water partition coefficient (Wildman–Crippen LogP) is 2.74. The highest BCUT2D eigenvalue weighted by Gasteiger charge is 2.13. The molecule has 2 N–H and O–H groups in total. The second kappa shape index (κ2) is 8.07. The molecule has 140 valence electrons. The largest absolute Gasteiger partial charge is 0.443 e. The van der Waals surface area contributed by atoms with Crippen LogP contribution in [0, 0.1) is 0 Å². The lowest BCUT2D eigenvalue weighted by Gasteiger charge is -2.11. The molecule has 0 saturated heterocycles. The van der Waals surface area contributed by atoms with Gasteiger partial charge in [-0.15, -0.1) is 0 Å². The average molecular weight is 364 g/mol. The molecule has 0 bridgehead atoms. The topological polar surface area (TPSA) is 80.3 Å². The van der Waals surface area contributed by atoms with Crippen LogP contribution in [0.3, 0.4) is 0 Å². The Labute approximate surface area is 158 Å². The van der Waals surface area contributed by atoms with Crippen molar-refractivity contribution < 1.29 is 4.42 Å². The number of oxazole rings is 1. The van der Waals surface area contributed by atoms with Crippen molar-refractivity contribution in [2.45, 2.75) is 38.9 Å². The van der Waals surface area contributed by atoms with Gasteiger partial charge in [0.2, 0.25) is 0 Å². The lowest BCUT2D eigenvalue weighted by atomic mass is 10.1. The van der Waals surface area contributed by atoms with Crippen molar-refractivity contribution in [2.24, 2.45) is 4.99 Å². The molecular formula is C20H24N6O. The minimum atomic E-state index is 0.528. The third-order valence-electron chi connectivity index (χ3n) is 4.72. The van der Waals surface area contributed by atoms with Crippen LogP contribution in [-0.2, 0) is 26.1 Å². The number of imidazole rings is 1. The monoisotopic (exact) mass is 364 g/mol. The van der Waals surface area contributed by atoms with Crippen molar-refractivity contribution in [3.05, 3.63) is 60.1 Å². The van der Waals surface area contributed by atoms with Crippen molar-refractivity contribution >= 4 is 5.96 Å². The molecule has 0 amide bonds. The highest BCUT2D eigenvalue weighted by Crippen LogP contribution is 2.22. The molecule has 0 saturated carbocycles. The van der Waals surface area contributed by atoms with Gasteiger partial charge in [0.25, 0.3) is 0 Å². The maximum Gasteiger partial charge on any atom is 0.191 e. The zero-order valence-corrected chi connectivity index (χ0v) is 15.5. The summed E-state index contributed by atoms with van der Waals surface area (Å²) in [7, 11) is 1.76. The fourth-order valence-electron chi connectivity index (χ4n) is 3.34. The number of rotatable bonds is 5. The first-order valence-corrected chi connectivity index (χ1v) is 9.30. The second-order valence-electron chi connectivity index (χ2n) is 6.57. The van der Waals surface area contributed by atoms with Crippen LogP contribution in [0.1, 0.15) is 30.1 Å². The molecule has 0 fully saturated rings. The Morgan fingerprint density at radius 3 is 2.85 bits per heavy atom. The number of aliphatic imine (C=N–C) groups is 1. The number of nitrogens with zero attached hydrogens (tertiary/aromatic N) is 4. The molecule has 7 heteroatoms. The van der Waals surface area contributed by atoms with E-state index < -0.39 is 0 Å². The van der Waals surface area contributed by atoms with E-state index in [0.717, 1.165) is 35.7 Å². The van der Waals surface area contributed by atoms with Gasteiger partial charge >= 0.3 is 0 Å². The van der Waals surface area contributed by atoms with Gasteiger partial charge in [-0.1, -0.05) is 30.3 Å². The predicted molar refractivity (Wildman–Crippen MR) is 104 cm³/mol. The van der Waals surface area contributed by atoms with Crippen LogP contribution in [0.4, 0.5) is 0 Å². The third kappa shape index (κ3) is 4.02. The first kappa shape index (κ1) is 17.3. The summed E-state index contributed by atoms with van der Waals surface area (Å²) in [5.41, 5.74) is 2.90. The van der Waals surface area contributed by atoms with E-state index in [9.17, 15) is 0 Å². The molecule has 7 nitrogen and oxygen atoms in total. The number of nitrogens with one attached hydrogen (secondary N) is 2. The SMILES string of the molecule is CN=C(NCc1cn2c(n1)CCCC2)NCc1ncoc1-c1ccccc1. The van der Waals surface area contributed by atoms with Crippen LogP contribution in [0.2, 0.25) is 0 Å². The summed E-state index contributed by atoms with van der Waals surface area (Å²) in [6.45, 7) is 2.24. The van der Waals surface area contributed by atoms with E-state index in [1.54, 1.807) is 7.05 Å². The maximum atomic E-state index is 5.57. The van der Waals surface area contributed by atoms with E-state index in [0.29, 0.717) is 19.0 Å². The van der Waals surface area contributed by atoms with Gasteiger partial charge in [0.05, 0.1) is 18.8 Å². The molecule has 27 heavy (non-hydrogen) atoms. The Kier molecular flexibility index (Phi) is 5.18. The van der Waals surface area contributed by atoms with E-state index in [1.165, 1.54) is 25.1 Å². The minimum Gasteiger partial charge on any atom is -0.443 e. The van der Waals surface area contributed by atoms with E-state index in [2.05, 4.69) is 31.4 Å². The zero-order valence-electron chi connectivity index (χ0n) is 15.5. The number of aromatic nitrogens is 3. The highest BCUT2D eigenvalue weighted by atomic mass is 16.3. The summed E-state index contributed by atoms with van der Waals surface area (Å²) in [5.74, 6) is 2.68. The lowest BCUT2D eigenvalue weighted by molar-refractivity contribution is 0.522. The Balaban J connectivity index is 1.35. The van der Waals surface area contributed by atoms with Crippen molar-refractivity contribution in [3.8, 4) is 11.3 Å². The number of hydrogen-bond acceptors (Lipinski definition) is 4. The number of hydrogen-bond donors (Lipinski definition) is 2. The average Bonchev–Trinajstić information content (AvgIpc) is 3.35. The van der Waals surface area contributed by atoms with Gasteiger partial charge in [-0.2, -0.15) is 0 Å². The van der Waals surface area contributed by atoms with Crippen LogP contribution in [0.5, 0.6) is 0 Å². The van der Waals surface area contributed by atoms with Crippen LogP contribution in [0.15, 0.2) is 52.3 Å². The molecule has 0 unspecified atom stereocenters. The molecule has 3 aromatic rings. The van der Waals surface area contributed by atoms with E-state index >= 15 is 0 Å². The fraction of sp³-hybridized carbons (Fsp3) is 0.350. The fourth-order valence-corrected chi connectivity index (χ4v) is 3.34. The number of fused-ring (bicyclic) bond motifs is 1. The third-order valence-corrected chi connectivity index (χ3v) is 4.72. The summed E-state index contributed by atoms with van der Waals surface area (Å²) in [6, 6.07) is 9.98. The van der Waals surface area contributed by atoms with Gasteiger partial charge in [0, 0.05) is 31.8 Å². The maximum absolute atomic E-state index is 5.57. The van der Waals surface area contributed by atoms with Crippen LogP contribution >= 0.6 is 0 Å². The number of aryl methyl sites for hydroxylation is 2. The molecule has 3 heterocycles. The molecule has 0 spiro atoms. The van der Waals surface area contributed by atoms with E-state index in [1.807, 2.05) is 30.3 Å². The van der Waals surface area contributed by atoms with Crippen molar-refractivity contribution in [3.63, 3.8) is 0 Å². The van der Waals surface area contributed by atoms with Crippen LogP contribution in [0.25, 0.3) is 11.3 Å².